The molecule has 1 N–H and O–H groups in total. The van der Waals surface area contributed by atoms with Gasteiger partial charge in [-0.05, 0) is 43.9 Å². The lowest BCUT2D eigenvalue weighted by Gasteiger charge is -2.50. The number of fused-ring (bicyclic) bond motifs is 2. The minimum absolute atomic E-state index is 0.405. The predicted octanol–water partition coefficient (Wildman–Crippen LogP) is 2.36. The lowest BCUT2D eigenvalue weighted by Crippen LogP contribution is -2.55. The van der Waals surface area contributed by atoms with Crippen LogP contribution in [0.25, 0.3) is 0 Å². The van der Waals surface area contributed by atoms with Gasteiger partial charge in [-0.2, -0.15) is 5.26 Å². The Kier molecular flexibility index (Phi) is 2.74. The highest BCUT2D eigenvalue weighted by Crippen LogP contribution is 2.63. The summed E-state index contributed by atoms with van der Waals surface area (Å²) in [6, 6.07) is 2.57. The van der Waals surface area contributed by atoms with Gasteiger partial charge >= 0.3 is 0 Å². The molecule has 1 spiro atoms. The minimum atomic E-state index is -0.831. The molecule has 4 aliphatic rings. The number of hydrogen-bond acceptors (Lipinski definition) is 4. The molecule has 0 aromatic rings. The van der Waals surface area contributed by atoms with Gasteiger partial charge in [-0.3, -0.25) is 0 Å². The summed E-state index contributed by atoms with van der Waals surface area (Å²) in [7, 11) is 0. The zero-order chi connectivity index (χ0) is 13.8. The first-order chi connectivity index (χ1) is 9.62. The van der Waals surface area contributed by atoms with Gasteiger partial charge in [0.25, 0.3) is 0 Å². The van der Waals surface area contributed by atoms with Gasteiger partial charge in [-0.25, -0.2) is 0 Å². The van der Waals surface area contributed by atoms with Gasteiger partial charge in [0.05, 0.1) is 30.3 Å². The summed E-state index contributed by atoms with van der Waals surface area (Å²) in [5, 5.41) is 21.1. The molecule has 1 aliphatic heterocycles. The second-order valence-electron chi connectivity index (χ2n) is 7.30. The van der Waals surface area contributed by atoms with E-state index in [9.17, 15) is 10.4 Å². The van der Waals surface area contributed by atoms with Crippen LogP contribution in [-0.4, -0.2) is 29.7 Å². The van der Waals surface area contributed by atoms with Crippen LogP contribution in [0.1, 0.15) is 51.4 Å². The zero-order valence-electron chi connectivity index (χ0n) is 11.9. The first kappa shape index (κ1) is 13.1. The van der Waals surface area contributed by atoms with Crippen LogP contribution in [0.2, 0.25) is 0 Å². The number of nitrogens with zero attached hydrogens (tertiary/aromatic N) is 1. The van der Waals surface area contributed by atoms with Crippen molar-refractivity contribution < 1.29 is 14.6 Å². The third kappa shape index (κ3) is 1.57. The first-order valence-electron chi connectivity index (χ1n) is 8.03. The third-order valence-electron chi connectivity index (χ3n) is 6.53. The number of ether oxygens (including phenoxy) is 2. The average Bonchev–Trinajstić information content (AvgIpc) is 3.18. The molecular formula is C16H23NO3. The van der Waals surface area contributed by atoms with Gasteiger partial charge in [-0.15, -0.1) is 0 Å². The largest absolute Gasteiger partial charge is 0.388 e. The molecular weight excluding hydrogens is 254 g/mol. The number of aliphatic hydroxyl groups is 1. The quantitative estimate of drug-likeness (QED) is 0.799. The highest BCUT2D eigenvalue weighted by molar-refractivity contribution is 5.21. The van der Waals surface area contributed by atoms with E-state index in [4.69, 9.17) is 9.47 Å². The Hall–Kier alpha value is -0.630. The summed E-state index contributed by atoms with van der Waals surface area (Å²) in [4.78, 5) is 0. The normalized spacial score (nSPS) is 44.8. The van der Waals surface area contributed by atoms with Crippen molar-refractivity contribution in [3.63, 3.8) is 0 Å². The van der Waals surface area contributed by atoms with Crippen molar-refractivity contribution in [1.29, 1.82) is 5.26 Å². The molecule has 110 valence electrons. The molecule has 0 radical (unpaired) electrons. The fourth-order valence-electron chi connectivity index (χ4n) is 5.42. The molecule has 1 saturated heterocycles. The summed E-state index contributed by atoms with van der Waals surface area (Å²) >= 11 is 0. The number of hydrogen-bond donors (Lipinski definition) is 1. The average molecular weight is 277 g/mol. The minimum Gasteiger partial charge on any atom is -0.388 e. The van der Waals surface area contributed by atoms with Crippen LogP contribution < -0.4 is 0 Å². The molecule has 3 unspecified atom stereocenters. The second-order valence-corrected chi connectivity index (χ2v) is 7.30. The Bertz CT molecular complexity index is 441. The van der Waals surface area contributed by atoms with E-state index in [2.05, 4.69) is 6.07 Å². The van der Waals surface area contributed by atoms with Gasteiger partial charge in [0.15, 0.2) is 5.79 Å². The van der Waals surface area contributed by atoms with Crippen molar-refractivity contribution in [2.75, 3.05) is 13.2 Å². The summed E-state index contributed by atoms with van der Waals surface area (Å²) in [5.41, 5.74) is -1.34. The zero-order valence-corrected chi connectivity index (χ0v) is 11.9. The molecule has 4 fully saturated rings. The van der Waals surface area contributed by atoms with Crippen molar-refractivity contribution >= 4 is 0 Å². The topological polar surface area (TPSA) is 62.5 Å². The van der Waals surface area contributed by atoms with Crippen molar-refractivity contribution in [3.05, 3.63) is 0 Å². The Labute approximate surface area is 120 Å². The van der Waals surface area contributed by atoms with Crippen LogP contribution in [0.5, 0.6) is 0 Å². The van der Waals surface area contributed by atoms with Crippen molar-refractivity contribution in [2.24, 2.45) is 17.3 Å². The maximum atomic E-state index is 11.3. The summed E-state index contributed by atoms with van der Waals surface area (Å²) in [6.07, 6.45) is 7.16. The monoisotopic (exact) mass is 277 g/mol. The van der Waals surface area contributed by atoms with Gasteiger partial charge in [0.2, 0.25) is 0 Å². The molecule has 4 nitrogen and oxygen atoms in total. The van der Waals surface area contributed by atoms with E-state index in [-0.39, 0.29) is 0 Å². The van der Waals surface area contributed by atoms with Gasteiger partial charge in [0.1, 0.15) is 0 Å². The fraction of sp³-hybridized carbons (Fsp3) is 0.938. The van der Waals surface area contributed by atoms with Crippen molar-refractivity contribution in [2.45, 2.75) is 62.8 Å². The molecule has 0 aromatic carbocycles. The van der Waals surface area contributed by atoms with E-state index in [1.54, 1.807) is 0 Å². The molecule has 4 heteroatoms. The SMILES string of the molecule is N#CC1(C2(O)CCC3(CC2)OCCO3)CC2CCC1C2. The Morgan fingerprint density at radius 1 is 1.05 bits per heavy atom. The summed E-state index contributed by atoms with van der Waals surface area (Å²) < 4.78 is 11.5. The highest BCUT2D eigenvalue weighted by Gasteiger charge is 2.64. The summed E-state index contributed by atoms with van der Waals surface area (Å²) in [5.74, 6) is 0.612. The van der Waals surface area contributed by atoms with Gasteiger partial charge in [0, 0.05) is 12.8 Å². The van der Waals surface area contributed by atoms with E-state index in [0.717, 1.165) is 32.1 Å². The van der Waals surface area contributed by atoms with Gasteiger partial charge in [-0.1, -0.05) is 6.42 Å². The number of nitriles is 1. The van der Waals surface area contributed by atoms with Crippen LogP contribution in [0.3, 0.4) is 0 Å². The van der Waals surface area contributed by atoms with Crippen LogP contribution in [0, 0.1) is 28.6 Å². The van der Waals surface area contributed by atoms with Crippen LogP contribution in [-0.2, 0) is 9.47 Å². The molecule has 3 saturated carbocycles. The molecule has 20 heavy (non-hydrogen) atoms. The second kappa shape index (κ2) is 4.19. The number of rotatable bonds is 1. The van der Waals surface area contributed by atoms with Crippen molar-refractivity contribution in [3.8, 4) is 6.07 Å². The molecule has 3 aliphatic carbocycles. The lowest BCUT2D eigenvalue weighted by molar-refractivity contribution is -0.221. The fourth-order valence-corrected chi connectivity index (χ4v) is 5.42. The van der Waals surface area contributed by atoms with E-state index in [0.29, 0.717) is 37.9 Å². The highest BCUT2D eigenvalue weighted by atomic mass is 16.7. The van der Waals surface area contributed by atoms with E-state index < -0.39 is 16.8 Å². The van der Waals surface area contributed by atoms with E-state index in [1.807, 2.05) is 0 Å². The Morgan fingerprint density at radius 3 is 2.25 bits per heavy atom. The molecule has 1 heterocycles. The smallest absolute Gasteiger partial charge is 0.168 e. The first-order valence-corrected chi connectivity index (χ1v) is 8.03. The van der Waals surface area contributed by atoms with Crippen LogP contribution >= 0.6 is 0 Å². The van der Waals surface area contributed by atoms with E-state index >= 15 is 0 Å². The lowest BCUT2D eigenvalue weighted by atomic mass is 9.58. The third-order valence-corrected chi connectivity index (χ3v) is 6.53. The van der Waals surface area contributed by atoms with E-state index in [1.165, 1.54) is 6.42 Å². The maximum absolute atomic E-state index is 11.3. The standard InChI is InChI=1S/C16H23NO3/c17-11-14(10-12-1-2-13(14)9-12)15(18)3-5-16(6-4-15)19-7-8-20-16/h12-13,18H,1-10H2. The van der Waals surface area contributed by atoms with Crippen molar-refractivity contribution in [1.82, 2.24) is 0 Å². The Balaban J connectivity index is 1.57. The molecule has 3 atom stereocenters. The molecule has 0 amide bonds. The molecule has 2 bridgehead atoms. The molecule has 0 aromatic heterocycles. The van der Waals surface area contributed by atoms with Gasteiger partial charge < -0.3 is 14.6 Å². The Morgan fingerprint density at radius 2 is 1.75 bits per heavy atom. The predicted molar refractivity (Wildman–Crippen MR) is 71.5 cm³/mol. The van der Waals surface area contributed by atoms with Crippen LogP contribution in [0.4, 0.5) is 0 Å². The van der Waals surface area contributed by atoms with Crippen LogP contribution in [0.15, 0.2) is 0 Å². The maximum Gasteiger partial charge on any atom is 0.168 e. The molecule has 4 rings (SSSR count). The summed E-state index contributed by atoms with van der Waals surface area (Å²) in [6.45, 7) is 1.32.